The van der Waals surface area contributed by atoms with Crippen LogP contribution in [0, 0.1) is 0 Å². The number of carbonyl (C=O) groups is 2. The zero-order chi connectivity index (χ0) is 18.7. The second-order valence-corrected chi connectivity index (χ2v) is 6.61. The van der Waals surface area contributed by atoms with Crippen LogP contribution in [0.2, 0.25) is 0 Å². The van der Waals surface area contributed by atoms with Crippen LogP contribution in [0.3, 0.4) is 0 Å². The fourth-order valence-corrected chi connectivity index (χ4v) is 2.91. The smallest absolute Gasteiger partial charge is 0.460 e. The van der Waals surface area contributed by atoms with Crippen LogP contribution in [0.4, 0.5) is 0 Å². The average Bonchev–Trinajstić information content (AvgIpc) is 2.87. The molecule has 1 aliphatic heterocycles. The molecule has 1 heterocycles. The molecule has 3 rings (SSSR count). The first kappa shape index (κ1) is 18.2. The van der Waals surface area contributed by atoms with E-state index < -0.39 is 24.6 Å². The van der Waals surface area contributed by atoms with Crippen molar-refractivity contribution >= 4 is 24.5 Å². The quantitative estimate of drug-likeness (QED) is 0.622. The maximum atomic E-state index is 12.2. The molecule has 0 saturated carbocycles. The van der Waals surface area contributed by atoms with Gasteiger partial charge in [-0.3, -0.25) is 9.59 Å². The molecular weight excluding hydrogens is 333 g/mol. The van der Waals surface area contributed by atoms with Crippen molar-refractivity contribution in [3.63, 3.8) is 0 Å². The van der Waals surface area contributed by atoms with Crippen LogP contribution in [0.5, 0.6) is 0 Å². The molecule has 26 heavy (non-hydrogen) atoms. The van der Waals surface area contributed by atoms with Gasteiger partial charge < -0.3 is 19.7 Å². The lowest BCUT2D eigenvalue weighted by molar-refractivity contribution is -0.143. The van der Waals surface area contributed by atoms with Gasteiger partial charge in [0.2, 0.25) is 0 Å². The summed E-state index contributed by atoms with van der Waals surface area (Å²) in [6, 6.07) is 14.3. The number of rotatable bonds is 5. The molecule has 134 valence electrons. The lowest BCUT2D eigenvalue weighted by Gasteiger charge is -2.19. The molecule has 2 aromatic carbocycles. The number of hydrogen-bond acceptors (Lipinski definition) is 5. The molecule has 0 radical (unpaired) electrons. The highest BCUT2D eigenvalue weighted by Crippen LogP contribution is 2.29. The second kappa shape index (κ2) is 7.31. The van der Waals surface area contributed by atoms with E-state index in [0.29, 0.717) is 11.0 Å². The highest BCUT2D eigenvalue weighted by molar-refractivity contribution is 6.62. The Morgan fingerprint density at radius 3 is 2.65 bits per heavy atom. The van der Waals surface area contributed by atoms with Crippen molar-refractivity contribution in [2.45, 2.75) is 26.1 Å². The molecule has 1 aliphatic rings. The number of esters is 1. The van der Waals surface area contributed by atoms with Gasteiger partial charge in [-0.15, -0.1) is 0 Å². The van der Waals surface area contributed by atoms with Gasteiger partial charge in [-0.1, -0.05) is 36.4 Å². The third-order valence-electron chi connectivity index (χ3n) is 4.27. The van der Waals surface area contributed by atoms with Crippen molar-refractivity contribution in [2.24, 2.45) is 0 Å². The van der Waals surface area contributed by atoms with Crippen molar-refractivity contribution in [3.05, 3.63) is 65.2 Å². The van der Waals surface area contributed by atoms with E-state index in [2.05, 4.69) is 5.32 Å². The van der Waals surface area contributed by atoms with E-state index in [9.17, 15) is 14.6 Å². The predicted molar refractivity (Wildman–Crippen MR) is 96.7 cm³/mol. The van der Waals surface area contributed by atoms with E-state index in [4.69, 9.17) is 9.39 Å². The zero-order valence-corrected chi connectivity index (χ0v) is 14.7. The minimum atomic E-state index is -1.07. The van der Waals surface area contributed by atoms with Crippen LogP contribution in [-0.2, 0) is 26.4 Å². The molecule has 0 saturated heterocycles. The molecule has 2 N–H and O–H groups in total. The Labute approximate surface area is 152 Å². The predicted octanol–water partition coefficient (Wildman–Crippen LogP) is 1.11. The summed E-state index contributed by atoms with van der Waals surface area (Å²) in [5.74, 6) is -0.936. The maximum Gasteiger partial charge on any atom is 0.492 e. The highest BCUT2D eigenvalue weighted by atomic mass is 16.5. The molecule has 1 amide bonds. The summed E-state index contributed by atoms with van der Waals surface area (Å²) in [5.41, 5.74) is 2.02. The molecule has 0 aromatic heterocycles. The second-order valence-electron chi connectivity index (χ2n) is 6.61. The van der Waals surface area contributed by atoms with Crippen LogP contribution >= 0.6 is 0 Å². The van der Waals surface area contributed by atoms with Crippen molar-refractivity contribution < 1.29 is 24.0 Å². The lowest BCUT2D eigenvalue weighted by Crippen LogP contribution is -2.33. The fraction of sp³-hybridized carbons (Fsp3) is 0.263. The van der Waals surface area contributed by atoms with Gasteiger partial charge in [0.05, 0.1) is 5.60 Å². The Hall–Kier alpha value is -2.64. The maximum absolute atomic E-state index is 12.2. The molecule has 0 bridgehead atoms. The molecule has 0 fully saturated rings. The summed E-state index contributed by atoms with van der Waals surface area (Å²) in [6.07, 6.45) is 0. The van der Waals surface area contributed by atoms with E-state index >= 15 is 0 Å². The Kier molecular flexibility index (Phi) is 5.11. The summed E-state index contributed by atoms with van der Waals surface area (Å²) in [4.78, 5) is 24.0. The molecular formula is C19H20BNO5. The van der Waals surface area contributed by atoms with Crippen molar-refractivity contribution in [1.82, 2.24) is 5.32 Å². The van der Waals surface area contributed by atoms with Crippen LogP contribution in [0.1, 0.15) is 35.3 Å². The molecule has 6 nitrogen and oxygen atoms in total. The molecule has 0 atom stereocenters. The number of benzene rings is 2. The number of fused-ring (bicyclic) bond motifs is 1. The number of ether oxygens (including phenoxy) is 1. The monoisotopic (exact) mass is 353 g/mol. The highest BCUT2D eigenvalue weighted by Gasteiger charge is 2.40. The van der Waals surface area contributed by atoms with Gasteiger partial charge in [0.25, 0.3) is 5.91 Å². The van der Waals surface area contributed by atoms with E-state index in [1.165, 1.54) is 0 Å². The number of hydrogen-bond donors (Lipinski definition) is 2. The molecule has 0 spiro atoms. The minimum Gasteiger partial charge on any atom is -0.460 e. The van der Waals surface area contributed by atoms with Gasteiger partial charge in [0.1, 0.15) is 13.2 Å². The van der Waals surface area contributed by atoms with Crippen LogP contribution in [-0.4, -0.2) is 30.6 Å². The Balaban J connectivity index is 1.56. The van der Waals surface area contributed by atoms with Crippen LogP contribution in [0.15, 0.2) is 48.5 Å². The normalized spacial score (nSPS) is 14.7. The van der Waals surface area contributed by atoms with Crippen molar-refractivity contribution in [2.75, 3.05) is 6.54 Å². The van der Waals surface area contributed by atoms with Gasteiger partial charge >= 0.3 is 13.1 Å². The van der Waals surface area contributed by atoms with E-state index in [-0.39, 0.29) is 13.2 Å². The first-order chi connectivity index (χ1) is 12.4. The van der Waals surface area contributed by atoms with E-state index in [1.54, 1.807) is 18.2 Å². The minimum absolute atomic E-state index is 0.160. The molecule has 0 unspecified atom stereocenters. The van der Waals surface area contributed by atoms with E-state index in [1.807, 2.05) is 44.2 Å². The first-order valence-corrected chi connectivity index (χ1v) is 8.35. The largest absolute Gasteiger partial charge is 0.492 e. The van der Waals surface area contributed by atoms with Gasteiger partial charge in [-0.2, -0.15) is 0 Å². The van der Waals surface area contributed by atoms with Crippen LogP contribution in [0.25, 0.3) is 0 Å². The zero-order valence-electron chi connectivity index (χ0n) is 14.7. The first-order valence-electron chi connectivity index (χ1n) is 8.35. The summed E-state index contributed by atoms with van der Waals surface area (Å²) < 4.78 is 10.6. The van der Waals surface area contributed by atoms with E-state index in [0.717, 1.165) is 11.1 Å². The van der Waals surface area contributed by atoms with Crippen molar-refractivity contribution in [1.29, 1.82) is 0 Å². The summed E-state index contributed by atoms with van der Waals surface area (Å²) in [5, 5.41) is 12.5. The summed E-state index contributed by atoms with van der Waals surface area (Å²) in [7, 11) is -1.07. The number of amides is 1. The van der Waals surface area contributed by atoms with Crippen LogP contribution < -0.4 is 10.8 Å². The average molecular weight is 353 g/mol. The number of nitrogens with one attached hydrogen (secondary N) is 1. The van der Waals surface area contributed by atoms with Gasteiger partial charge in [0.15, 0.2) is 0 Å². The summed E-state index contributed by atoms with van der Waals surface area (Å²) in [6.45, 7) is 3.63. The molecule has 2 aromatic rings. The standard InChI is InChI=1S/C19H20BNO5/c1-19(2)15-9-8-14(10-16(15)20(24)26-19)18(23)21-11-17(22)25-12-13-6-4-3-5-7-13/h3-10,24H,11-12H2,1-2H3,(H,21,23). The Morgan fingerprint density at radius 1 is 1.19 bits per heavy atom. The van der Waals surface area contributed by atoms with Gasteiger partial charge in [0, 0.05) is 5.56 Å². The third-order valence-corrected chi connectivity index (χ3v) is 4.27. The Bertz CT molecular complexity index is 822. The number of carbonyl (C=O) groups excluding carboxylic acids is 2. The lowest BCUT2D eigenvalue weighted by atomic mass is 9.77. The van der Waals surface area contributed by atoms with Crippen molar-refractivity contribution in [3.8, 4) is 0 Å². The SMILES string of the molecule is CC1(C)OB(O)c2cc(C(=O)NCC(=O)OCc3ccccc3)ccc21. The molecule has 7 heteroatoms. The topological polar surface area (TPSA) is 84.9 Å². The van der Waals surface area contributed by atoms with Gasteiger partial charge in [-0.05, 0) is 42.6 Å². The molecule has 0 aliphatic carbocycles. The third kappa shape index (κ3) is 3.95. The summed E-state index contributed by atoms with van der Waals surface area (Å²) >= 11 is 0. The fourth-order valence-electron chi connectivity index (χ4n) is 2.91. The Morgan fingerprint density at radius 2 is 1.92 bits per heavy atom. The van der Waals surface area contributed by atoms with Gasteiger partial charge in [-0.25, -0.2) is 0 Å².